The van der Waals surface area contributed by atoms with Crippen molar-refractivity contribution in [3.05, 3.63) is 36.0 Å². The molecule has 5 heteroatoms. The minimum atomic E-state index is -0.586. The van der Waals surface area contributed by atoms with E-state index in [9.17, 15) is 4.79 Å². The molecular formula is C12H11N3O2. The van der Waals surface area contributed by atoms with E-state index in [-0.39, 0.29) is 13.2 Å². The SMILES string of the molecule is N#CCNC(=O)OCc1c[nH]c2ccccc12. The molecule has 17 heavy (non-hydrogen) atoms. The molecule has 0 fully saturated rings. The van der Waals surface area contributed by atoms with Crippen LogP contribution in [0.1, 0.15) is 5.56 Å². The predicted molar refractivity (Wildman–Crippen MR) is 62.1 cm³/mol. The number of amides is 1. The first-order valence-electron chi connectivity index (χ1n) is 5.14. The Morgan fingerprint density at radius 3 is 3.12 bits per heavy atom. The van der Waals surface area contributed by atoms with Crippen LogP contribution in [0.25, 0.3) is 10.9 Å². The summed E-state index contributed by atoms with van der Waals surface area (Å²) in [6.07, 6.45) is 1.22. The second kappa shape index (κ2) is 5.03. The van der Waals surface area contributed by atoms with E-state index in [0.717, 1.165) is 16.5 Å². The van der Waals surface area contributed by atoms with E-state index < -0.39 is 6.09 Å². The second-order valence-corrected chi connectivity index (χ2v) is 3.45. The lowest BCUT2D eigenvalue weighted by molar-refractivity contribution is 0.141. The van der Waals surface area contributed by atoms with Crippen molar-refractivity contribution in [3.63, 3.8) is 0 Å². The van der Waals surface area contributed by atoms with Crippen LogP contribution >= 0.6 is 0 Å². The predicted octanol–water partition coefficient (Wildman–Crippen LogP) is 1.92. The number of ether oxygens (including phenoxy) is 1. The van der Waals surface area contributed by atoms with Crippen LogP contribution in [0.4, 0.5) is 4.79 Å². The topological polar surface area (TPSA) is 77.9 Å². The van der Waals surface area contributed by atoms with E-state index in [1.165, 1.54) is 0 Å². The summed E-state index contributed by atoms with van der Waals surface area (Å²) in [4.78, 5) is 14.2. The lowest BCUT2D eigenvalue weighted by atomic mass is 10.2. The number of hydrogen-bond acceptors (Lipinski definition) is 3. The molecule has 1 aromatic carbocycles. The molecule has 1 heterocycles. The summed E-state index contributed by atoms with van der Waals surface area (Å²) in [5, 5.41) is 11.6. The zero-order valence-electron chi connectivity index (χ0n) is 9.06. The first-order valence-corrected chi connectivity index (χ1v) is 5.14. The third-order valence-electron chi connectivity index (χ3n) is 2.35. The number of alkyl carbamates (subject to hydrolysis) is 1. The molecule has 1 aromatic heterocycles. The van der Waals surface area contributed by atoms with Crippen LogP contribution in [0.5, 0.6) is 0 Å². The van der Waals surface area contributed by atoms with Crippen LogP contribution in [0, 0.1) is 11.3 Å². The minimum absolute atomic E-state index is 0.0489. The maximum atomic E-state index is 11.1. The van der Waals surface area contributed by atoms with E-state index in [4.69, 9.17) is 10.00 Å². The standard InChI is InChI=1S/C12H11N3O2/c13-5-6-14-12(16)17-8-9-7-15-11-4-2-1-3-10(9)11/h1-4,7,15H,6,8H2,(H,14,16). The Labute approximate surface area is 98.0 Å². The van der Waals surface area contributed by atoms with Gasteiger partial charge in [-0.1, -0.05) is 18.2 Å². The van der Waals surface area contributed by atoms with Crippen molar-refractivity contribution >= 4 is 17.0 Å². The van der Waals surface area contributed by atoms with Crippen molar-refractivity contribution < 1.29 is 9.53 Å². The summed E-state index contributed by atoms with van der Waals surface area (Å²) in [6, 6.07) is 9.57. The number of nitrogens with one attached hydrogen (secondary N) is 2. The van der Waals surface area contributed by atoms with Gasteiger partial charge in [-0.2, -0.15) is 5.26 Å². The van der Waals surface area contributed by atoms with Gasteiger partial charge in [-0.25, -0.2) is 4.79 Å². The van der Waals surface area contributed by atoms with Crippen molar-refractivity contribution in [1.82, 2.24) is 10.3 Å². The number of aromatic nitrogens is 1. The van der Waals surface area contributed by atoms with Crippen LogP contribution in [-0.2, 0) is 11.3 Å². The minimum Gasteiger partial charge on any atom is -0.445 e. The number of fused-ring (bicyclic) bond motifs is 1. The molecule has 0 aliphatic rings. The Morgan fingerprint density at radius 2 is 2.29 bits per heavy atom. The molecule has 0 aliphatic carbocycles. The van der Waals surface area contributed by atoms with E-state index in [2.05, 4.69) is 10.3 Å². The Balaban J connectivity index is 2.00. The fourth-order valence-corrected chi connectivity index (χ4v) is 1.56. The summed E-state index contributed by atoms with van der Waals surface area (Å²) in [5.41, 5.74) is 1.91. The number of nitrogens with zero attached hydrogens (tertiary/aromatic N) is 1. The molecule has 0 aliphatic heterocycles. The lowest BCUT2D eigenvalue weighted by Gasteiger charge is -2.03. The van der Waals surface area contributed by atoms with Crippen molar-refractivity contribution in [1.29, 1.82) is 5.26 Å². The van der Waals surface area contributed by atoms with Gasteiger partial charge in [0, 0.05) is 22.7 Å². The maximum Gasteiger partial charge on any atom is 0.408 e. The Hall–Kier alpha value is -2.48. The molecule has 2 rings (SSSR count). The highest BCUT2D eigenvalue weighted by molar-refractivity contribution is 5.83. The number of carbonyl (C=O) groups excluding carboxylic acids is 1. The van der Waals surface area contributed by atoms with Crippen LogP contribution in [0.2, 0.25) is 0 Å². The molecule has 0 spiro atoms. The van der Waals surface area contributed by atoms with Gasteiger partial charge in [0.15, 0.2) is 0 Å². The van der Waals surface area contributed by atoms with Gasteiger partial charge in [-0.15, -0.1) is 0 Å². The van der Waals surface area contributed by atoms with E-state index in [1.807, 2.05) is 30.5 Å². The Bertz CT molecular complexity index is 568. The van der Waals surface area contributed by atoms with Crippen molar-refractivity contribution in [3.8, 4) is 6.07 Å². The third kappa shape index (κ3) is 2.55. The van der Waals surface area contributed by atoms with E-state index in [0.29, 0.717) is 0 Å². The fraction of sp³-hybridized carbons (Fsp3) is 0.167. The van der Waals surface area contributed by atoms with Gasteiger partial charge >= 0.3 is 6.09 Å². The summed E-state index contributed by atoms with van der Waals surface area (Å²) in [7, 11) is 0. The summed E-state index contributed by atoms with van der Waals surface area (Å²) in [6.45, 7) is 0.133. The smallest absolute Gasteiger partial charge is 0.408 e. The highest BCUT2D eigenvalue weighted by Crippen LogP contribution is 2.18. The molecule has 0 saturated heterocycles. The van der Waals surface area contributed by atoms with Crippen LogP contribution in [-0.4, -0.2) is 17.6 Å². The average Bonchev–Trinajstić information content (AvgIpc) is 2.77. The van der Waals surface area contributed by atoms with Gasteiger partial charge in [0.25, 0.3) is 0 Å². The van der Waals surface area contributed by atoms with Gasteiger partial charge in [-0.3, -0.25) is 0 Å². The largest absolute Gasteiger partial charge is 0.445 e. The number of benzene rings is 1. The van der Waals surface area contributed by atoms with Gasteiger partial charge < -0.3 is 15.0 Å². The molecule has 0 unspecified atom stereocenters. The Morgan fingerprint density at radius 1 is 1.47 bits per heavy atom. The molecule has 5 nitrogen and oxygen atoms in total. The molecule has 0 radical (unpaired) electrons. The number of nitriles is 1. The molecule has 0 atom stereocenters. The van der Waals surface area contributed by atoms with Crippen LogP contribution in [0.15, 0.2) is 30.5 Å². The Kier molecular flexibility index (Phi) is 3.26. The molecule has 86 valence electrons. The molecular weight excluding hydrogens is 218 g/mol. The summed E-state index contributed by atoms with van der Waals surface area (Å²) in [5.74, 6) is 0. The molecule has 0 bridgehead atoms. The number of H-pyrrole nitrogens is 1. The van der Waals surface area contributed by atoms with Crippen LogP contribution in [0.3, 0.4) is 0 Å². The molecule has 0 saturated carbocycles. The van der Waals surface area contributed by atoms with Gasteiger partial charge in [0.1, 0.15) is 13.2 Å². The molecule has 1 amide bonds. The summed E-state index contributed by atoms with van der Waals surface area (Å²) >= 11 is 0. The van der Waals surface area contributed by atoms with Gasteiger partial charge in [0.2, 0.25) is 0 Å². The second-order valence-electron chi connectivity index (χ2n) is 3.45. The van der Waals surface area contributed by atoms with E-state index >= 15 is 0 Å². The maximum absolute atomic E-state index is 11.1. The first-order chi connectivity index (χ1) is 8.31. The third-order valence-corrected chi connectivity index (χ3v) is 2.35. The van der Waals surface area contributed by atoms with Crippen molar-refractivity contribution in [2.45, 2.75) is 6.61 Å². The number of rotatable bonds is 3. The monoisotopic (exact) mass is 229 g/mol. The normalized spacial score (nSPS) is 9.82. The van der Waals surface area contributed by atoms with Gasteiger partial charge in [0.05, 0.1) is 6.07 Å². The number of hydrogen-bond donors (Lipinski definition) is 2. The molecule has 2 N–H and O–H groups in total. The quantitative estimate of drug-likeness (QED) is 0.789. The van der Waals surface area contributed by atoms with Crippen LogP contribution < -0.4 is 5.32 Å². The zero-order chi connectivity index (χ0) is 12.1. The summed E-state index contributed by atoms with van der Waals surface area (Å²) < 4.78 is 4.98. The van der Waals surface area contributed by atoms with Crippen molar-refractivity contribution in [2.24, 2.45) is 0 Å². The average molecular weight is 229 g/mol. The first kappa shape index (κ1) is 11.0. The van der Waals surface area contributed by atoms with Gasteiger partial charge in [-0.05, 0) is 6.07 Å². The number of para-hydroxylation sites is 1. The number of aromatic amines is 1. The highest BCUT2D eigenvalue weighted by atomic mass is 16.5. The highest BCUT2D eigenvalue weighted by Gasteiger charge is 2.05. The van der Waals surface area contributed by atoms with E-state index in [1.54, 1.807) is 6.07 Å². The number of carbonyl (C=O) groups is 1. The molecule has 2 aromatic rings. The fourth-order valence-electron chi connectivity index (χ4n) is 1.56. The van der Waals surface area contributed by atoms with Crippen molar-refractivity contribution in [2.75, 3.05) is 6.54 Å². The zero-order valence-corrected chi connectivity index (χ0v) is 9.06. The lowest BCUT2D eigenvalue weighted by Crippen LogP contribution is -2.24.